The van der Waals surface area contributed by atoms with Gasteiger partial charge in [0.25, 0.3) is 0 Å². The smallest absolute Gasteiger partial charge is 0.244 e. The minimum Gasteiger partial charge on any atom is -0.467 e. The van der Waals surface area contributed by atoms with Crippen molar-refractivity contribution in [3.8, 4) is 0 Å². The Kier molecular flexibility index (Phi) is 6.30. The molecule has 0 aliphatic carbocycles. The maximum absolute atomic E-state index is 14.2. The minimum atomic E-state index is -0.693. The quantitative estimate of drug-likeness (QED) is 0.616. The lowest BCUT2D eigenvalue weighted by Crippen LogP contribution is -2.41. The summed E-state index contributed by atoms with van der Waals surface area (Å²) in [6.07, 6.45) is 1.43. The fourth-order valence-electron chi connectivity index (χ4n) is 3.73. The van der Waals surface area contributed by atoms with E-state index in [1.807, 2.05) is 6.07 Å². The highest BCUT2D eigenvalue weighted by Crippen LogP contribution is 2.28. The van der Waals surface area contributed by atoms with Gasteiger partial charge in [-0.05, 0) is 36.4 Å². The average Bonchev–Trinajstić information content (AvgIpc) is 3.43. The SMILES string of the molecule is O=C(CN(Cc1ccco1)C(=O)C1CC(=O)N(c2ccccc2F)C1)Nc1ccccc1. The number of amides is 3. The van der Waals surface area contributed by atoms with Crippen LogP contribution in [-0.2, 0) is 20.9 Å². The Morgan fingerprint density at radius 3 is 2.53 bits per heavy atom. The fourth-order valence-corrected chi connectivity index (χ4v) is 3.73. The zero-order valence-electron chi connectivity index (χ0n) is 17.2. The summed E-state index contributed by atoms with van der Waals surface area (Å²) in [5.74, 6) is -1.77. The lowest BCUT2D eigenvalue weighted by molar-refractivity contribution is -0.139. The summed E-state index contributed by atoms with van der Waals surface area (Å²) in [6, 6.07) is 18.3. The van der Waals surface area contributed by atoms with Crippen LogP contribution in [0.25, 0.3) is 0 Å². The highest BCUT2D eigenvalue weighted by molar-refractivity contribution is 6.01. The normalized spacial score (nSPS) is 15.6. The lowest BCUT2D eigenvalue weighted by atomic mass is 10.1. The average molecular weight is 435 g/mol. The molecule has 2 aromatic carbocycles. The standard InChI is InChI=1S/C24H22FN3O4/c25-20-10-4-5-11-21(20)28-14-17(13-23(28)30)24(31)27(15-19-9-6-12-32-19)16-22(29)26-18-7-2-1-3-8-18/h1-12,17H,13-16H2,(H,26,29). The number of para-hydroxylation sites is 2. The number of hydrogen-bond donors (Lipinski definition) is 1. The molecule has 7 nitrogen and oxygen atoms in total. The van der Waals surface area contributed by atoms with Crippen molar-refractivity contribution < 1.29 is 23.2 Å². The van der Waals surface area contributed by atoms with Gasteiger partial charge in [0.2, 0.25) is 17.7 Å². The Labute approximate surface area is 184 Å². The maximum atomic E-state index is 14.2. The zero-order chi connectivity index (χ0) is 22.5. The number of rotatable bonds is 7. The van der Waals surface area contributed by atoms with Crippen LogP contribution in [0.5, 0.6) is 0 Å². The lowest BCUT2D eigenvalue weighted by Gasteiger charge is -2.24. The molecule has 1 saturated heterocycles. The molecular formula is C24H22FN3O4. The first-order valence-electron chi connectivity index (χ1n) is 10.2. The van der Waals surface area contributed by atoms with Gasteiger partial charge in [0.05, 0.1) is 24.4 Å². The summed E-state index contributed by atoms with van der Waals surface area (Å²) in [6.45, 7) is -0.0786. The van der Waals surface area contributed by atoms with Crippen molar-refractivity contribution in [1.29, 1.82) is 0 Å². The summed E-state index contributed by atoms with van der Waals surface area (Å²) < 4.78 is 19.5. The van der Waals surface area contributed by atoms with Crippen molar-refractivity contribution >= 4 is 29.1 Å². The van der Waals surface area contributed by atoms with Crippen LogP contribution in [0.4, 0.5) is 15.8 Å². The number of anilines is 2. The third kappa shape index (κ3) is 4.85. The van der Waals surface area contributed by atoms with E-state index in [0.717, 1.165) is 0 Å². The van der Waals surface area contributed by atoms with E-state index in [1.165, 1.54) is 28.2 Å². The number of nitrogens with one attached hydrogen (secondary N) is 1. The molecule has 1 fully saturated rings. The summed E-state index contributed by atoms with van der Waals surface area (Å²) >= 11 is 0. The number of furan rings is 1. The molecule has 0 bridgehead atoms. The number of hydrogen-bond acceptors (Lipinski definition) is 4. The number of halogens is 1. The Hall–Kier alpha value is -3.94. The second kappa shape index (κ2) is 9.47. The molecule has 8 heteroatoms. The molecule has 0 radical (unpaired) electrons. The predicted octanol–water partition coefficient (Wildman–Crippen LogP) is 3.44. The monoisotopic (exact) mass is 435 g/mol. The molecule has 1 aliphatic rings. The molecule has 1 atom stereocenters. The van der Waals surface area contributed by atoms with Crippen molar-refractivity contribution in [3.63, 3.8) is 0 Å². The first kappa shape index (κ1) is 21.3. The largest absolute Gasteiger partial charge is 0.467 e. The molecule has 0 saturated carbocycles. The van der Waals surface area contributed by atoms with Crippen LogP contribution in [0.2, 0.25) is 0 Å². The molecule has 2 heterocycles. The van der Waals surface area contributed by atoms with Gasteiger partial charge in [-0.1, -0.05) is 30.3 Å². The molecule has 3 amide bonds. The highest BCUT2D eigenvalue weighted by atomic mass is 19.1. The first-order chi connectivity index (χ1) is 15.5. The van der Waals surface area contributed by atoms with Crippen molar-refractivity contribution in [2.75, 3.05) is 23.3 Å². The molecule has 164 valence electrons. The number of carbonyl (C=O) groups excluding carboxylic acids is 3. The Balaban J connectivity index is 1.49. The molecular weight excluding hydrogens is 413 g/mol. The van der Waals surface area contributed by atoms with Crippen molar-refractivity contribution in [2.24, 2.45) is 5.92 Å². The molecule has 4 rings (SSSR count). The van der Waals surface area contributed by atoms with Crippen LogP contribution >= 0.6 is 0 Å². The van der Waals surface area contributed by atoms with Crippen LogP contribution < -0.4 is 10.2 Å². The van der Waals surface area contributed by atoms with Crippen LogP contribution in [-0.4, -0.2) is 35.7 Å². The van der Waals surface area contributed by atoms with E-state index in [2.05, 4.69) is 5.32 Å². The molecule has 1 N–H and O–H groups in total. The third-order valence-electron chi connectivity index (χ3n) is 5.25. The fraction of sp³-hybridized carbons (Fsp3) is 0.208. The predicted molar refractivity (Wildman–Crippen MR) is 116 cm³/mol. The Morgan fingerprint density at radius 2 is 1.81 bits per heavy atom. The number of nitrogens with zero attached hydrogens (tertiary/aromatic N) is 2. The van der Waals surface area contributed by atoms with Gasteiger partial charge in [0.15, 0.2) is 0 Å². The molecule has 32 heavy (non-hydrogen) atoms. The first-order valence-corrected chi connectivity index (χ1v) is 10.2. The van der Waals surface area contributed by atoms with Crippen LogP contribution in [0.15, 0.2) is 77.4 Å². The molecule has 3 aromatic rings. The molecule has 1 aliphatic heterocycles. The maximum Gasteiger partial charge on any atom is 0.244 e. The topological polar surface area (TPSA) is 82.9 Å². The van der Waals surface area contributed by atoms with Crippen molar-refractivity contribution in [1.82, 2.24) is 4.90 Å². The van der Waals surface area contributed by atoms with E-state index in [9.17, 15) is 18.8 Å². The van der Waals surface area contributed by atoms with E-state index in [1.54, 1.807) is 48.5 Å². The second-order valence-corrected chi connectivity index (χ2v) is 7.54. The highest BCUT2D eigenvalue weighted by Gasteiger charge is 2.38. The van der Waals surface area contributed by atoms with E-state index in [4.69, 9.17) is 4.42 Å². The summed E-state index contributed by atoms with van der Waals surface area (Å²) in [5, 5.41) is 2.76. The van der Waals surface area contributed by atoms with Gasteiger partial charge in [0.1, 0.15) is 18.1 Å². The van der Waals surface area contributed by atoms with Gasteiger partial charge in [-0.15, -0.1) is 0 Å². The third-order valence-corrected chi connectivity index (χ3v) is 5.25. The molecule has 0 spiro atoms. The van der Waals surface area contributed by atoms with Gasteiger partial charge in [0, 0.05) is 18.7 Å². The minimum absolute atomic E-state index is 0.0492. The van der Waals surface area contributed by atoms with Gasteiger partial charge >= 0.3 is 0 Å². The van der Waals surface area contributed by atoms with E-state index < -0.39 is 11.7 Å². The molecule has 1 unspecified atom stereocenters. The Bertz CT molecular complexity index is 1100. The summed E-state index contributed by atoms with van der Waals surface area (Å²) in [5.41, 5.74) is 0.761. The van der Waals surface area contributed by atoms with Crippen molar-refractivity contribution in [2.45, 2.75) is 13.0 Å². The van der Waals surface area contributed by atoms with Gasteiger partial charge < -0.3 is 19.5 Å². The summed E-state index contributed by atoms with van der Waals surface area (Å²) in [4.78, 5) is 41.1. The number of carbonyl (C=O) groups is 3. The second-order valence-electron chi connectivity index (χ2n) is 7.54. The van der Waals surface area contributed by atoms with Gasteiger partial charge in [-0.2, -0.15) is 0 Å². The van der Waals surface area contributed by atoms with Crippen LogP contribution in [0.1, 0.15) is 12.2 Å². The zero-order valence-corrected chi connectivity index (χ0v) is 17.2. The Morgan fingerprint density at radius 1 is 1.06 bits per heavy atom. The van der Waals surface area contributed by atoms with E-state index in [-0.39, 0.29) is 49.5 Å². The van der Waals surface area contributed by atoms with Crippen LogP contribution in [0, 0.1) is 11.7 Å². The van der Waals surface area contributed by atoms with Crippen LogP contribution in [0.3, 0.4) is 0 Å². The van der Waals surface area contributed by atoms with Crippen molar-refractivity contribution in [3.05, 3.63) is 84.6 Å². The van der Waals surface area contributed by atoms with Gasteiger partial charge in [-0.3, -0.25) is 14.4 Å². The summed E-state index contributed by atoms with van der Waals surface area (Å²) in [7, 11) is 0. The molecule has 1 aromatic heterocycles. The van der Waals surface area contributed by atoms with E-state index in [0.29, 0.717) is 11.4 Å². The van der Waals surface area contributed by atoms with Gasteiger partial charge in [-0.25, -0.2) is 4.39 Å². The van der Waals surface area contributed by atoms with E-state index >= 15 is 0 Å². The number of benzene rings is 2.